The van der Waals surface area contributed by atoms with Crippen LogP contribution < -0.4 is 33.2 Å². The van der Waals surface area contributed by atoms with Crippen LogP contribution in [-0.2, 0) is 30.4 Å². The molecular weight excluding hydrogens is 518 g/mol. The van der Waals surface area contributed by atoms with Crippen molar-refractivity contribution in [2.45, 2.75) is 76.5 Å². The fourth-order valence-corrected chi connectivity index (χ4v) is 4.33. The number of amides is 4. The van der Waals surface area contributed by atoms with Gasteiger partial charge in [0, 0.05) is 23.5 Å². The molecule has 1 aromatic carbocycles. The van der Waals surface area contributed by atoms with E-state index in [0.717, 1.165) is 10.9 Å². The first-order valence-corrected chi connectivity index (χ1v) is 13.4. The van der Waals surface area contributed by atoms with Crippen LogP contribution in [0.2, 0.25) is 0 Å². The molecule has 0 bridgehead atoms. The number of para-hydroxylation sites is 1. The fourth-order valence-electron chi connectivity index (χ4n) is 4.33. The number of carboxylic acid groups (broad SMARTS) is 1. The van der Waals surface area contributed by atoms with Crippen LogP contribution in [0, 0.1) is 5.92 Å². The van der Waals surface area contributed by atoms with E-state index in [9.17, 15) is 29.1 Å². The third-order valence-corrected chi connectivity index (χ3v) is 6.39. The molecule has 40 heavy (non-hydrogen) atoms. The second kappa shape index (κ2) is 15.6. The number of primary amides is 1. The summed E-state index contributed by atoms with van der Waals surface area (Å²) in [6.07, 6.45) is 2.90. The molecule has 4 atom stereocenters. The molecule has 0 fully saturated rings. The van der Waals surface area contributed by atoms with Gasteiger partial charge in [0.15, 0.2) is 0 Å². The molecule has 0 aliphatic carbocycles. The van der Waals surface area contributed by atoms with E-state index in [0.29, 0.717) is 31.4 Å². The Kier molecular flexibility index (Phi) is 12.6. The minimum atomic E-state index is -1.58. The number of unbranched alkanes of at least 4 members (excludes halogenated alkanes) is 1. The molecule has 2 rings (SSSR count). The fraction of sp³-hybridized carbons (Fsp3) is 0.519. The summed E-state index contributed by atoms with van der Waals surface area (Å²) >= 11 is 0. The van der Waals surface area contributed by atoms with Crippen molar-refractivity contribution in [2.75, 3.05) is 6.54 Å². The zero-order valence-corrected chi connectivity index (χ0v) is 22.9. The highest BCUT2D eigenvalue weighted by atomic mass is 16.4. The molecule has 220 valence electrons. The summed E-state index contributed by atoms with van der Waals surface area (Å²) < 4.78 is 0. The van der Waals surface area contributed by atoms with Crippen molar-refractivity contribution >= 4 is 40.5 Å². The summed E-state index contributed by atoms with van der Waals surface area (Å²) in [5.74, 6) is -4.15. The highest BCUT2D eigenvalue weighted by Gasteiger charge is 2.31. The van der Waals surface area contributed by atoms with E-state index in [2.05, 4.69) is 20.9 Å². The maximum atomic E-state index is 13.4. The van der Waals surface area contributed by atoms with Crippen LogP contribution in [0.5, 0.6) is 0 Å². The van der Waals surface area contributed by atoms with E-state index in [1.165, 1.54) is 0 Å². The number of hydrogen-bond acceptors (Lipinski definition) is 7. The Morgan fingerprint density at radius 2 is 1.55 bits per heavy atom. The number of carboxylic acids is 1. The van der Waals surface area contributed by atoms with Crippen molar-refractivity contribution in [3.05, 3.63) is 36.0 Å². The van der Waals surface area contributed by atoms with Gasteiger partial charge in [-0.25, -0.2) is 4.79 Å². The maximum absolute atomic E-state index is 13.4. The normalized spacial score (nSPS) is 14.2. The van der Waals surface area contributed by atoms with Gasteiger partial charge in [-0.05, 0) is 49.8 Å². The van der Waals surface area contributed by atoms with Crippen LogP contribution in [0.1, 0.15) is 51.5 Å². The molecule has 0 saturated heterocycles. The van der Waals surface area contributed by atoms with Crippen molar-refractivity contribution in [1.29, 1.82) is 0 Å². The summed E-state index contributed by atoms with van der Waals surface area (Å²) in [7, 11) is 0. The Bertz CT molecular complexity index is 1180. The minimum Gasteiger partial charge on any atom is -0.480 e. The van der Waals surface area contributed by atoms with Gasteiger partial charge in [0.1, 0.15) is 18.1 Å². The van der Waals surface area contributed by atoms with Crippen molar-refractivity contribution in [1.82, 2.24) is 20.9 Å². The first-order chi connectivity index (χ1) is 18.9. The highest BCUT2D eigenvalue weighted by Crippen LogP contribution is 2.19. The Morgan fingerprint density at radius 3 is 2.17 bits per heavy atom. The number of rotatable bonds is 17. The molecule has 13 nitrogen and oxygen atoms in total. The zero-order valence-electron chi connectivity index (χ0n) is 22.9. The van der Waals surface area contributed by atoms with Gasteiger partial charge in [0.25, 0.3) is 0 Å². The van der Waals surface area contributed by atoms with Crippen LogP contribution in [0.15, 0.2) is 30.5 Å². The predicted octanol–water partition coefficient (Wildman–Crippen LogP) is -0.373. The number of hydrogen-bond donors (Lipinski definition) is 8. The number of fused-ring (bicyclic) bond motifs is 1. The summed E-state index contributed by atoms with van der Waals surface area (Å²) in [5, 5.41) is 17.9. The quantitative estimate of drug-likeness (QED) is 0.119. The second-order valence-electron chi connectivity index (χ2n) is 10.3. The van der Waals surface area contributed by atoms with Crippen molar-refractivity contribution in [3.8, 4) is 0 Å². The minimum absolute atomic E-state index is 0.000820. The maximum Gasteiger partial charge on any atom is 0.326 e. The summed E-state index contributed by atoms with van der Waals surface area (Å²) in [6, 6.07) is 2.72. The Labute approximate surface area is 233 Å². The number of carbonyl (C=O) groups excluding carboxylic acids is 4. The number of aliphatic carboxylic acids is 1. The first kappa shape index (κ1) is 32.2. The number of aromatic nitrogens is 1. The lowest BCUT2D eigenvalue weighted by Crippen LogP contribution is -2.58. The van der Waals surface area contributed by atoms with Gasteiger partial charge in [-0.2, -0.15) is 0 Å². The van der Waals surface area contributed by atoms with Crippen LogP contribution in [0.25, 0.3) is 10.9 Å². The largest absolute Gasteiger partial charge is 0.480 e. The van der Waals surface area contributed by atoms with Gasteiger partial charge in [0.05, 0.1) is 12.5 Å². The highest BCUT2D eigenvalue weighted by molar-refractivity contribution is 5.95. The third-order valence-electron chi connectivity index (χ3n) is 6.39. The number of aromatic amines is 1. The van der Waals surface area contributed by atoms with Gasteiger partial charge < -0.3 is 43.2 Å². The monoisotopic (exact) mass is 559 g/mol. The van der Waals surface area contributed by atoms with E-state index in [1.807, 2.05) is 38.1 Å². The summed E-state index contributed by atoms with van der Waals surface area (Å²) in [6.45, 7) is 4.25. The number of nitrogens with one attached hydrogen (secondary N) is 4. The topological polar surface area (TPSA) is 236 Å². The zero-order chi connectivity index (χ0) is 29.8. The predicted molar refractivity (Wildman–Crippen MR) is 150 cm³/mol. The average Bonchev–Trinajstić information content (AvgIpc) is 3.29. The van der Waals surface area contributed by atoms with Gasteiger partial charge in [-0.1, -0.05) is 32.0 Å². The standard InChI is InChI=1S/C27H41N7O6/c1-15(2)11-18(29)24(36)32-20(9-5-6-10-28)25(37)33-21(26(38)34-22(27(39)40)13-23(30)35)12-16-14-31-19-8-4-3-7-17(16)19/h3-4,7-8,14-15,18,20-22,31H,5-6,9-13,28-29H2,1-2H3,(H2,30,35)(H,32,36)(H,33,37)(H,34,38)(H,39,40). The second-order valence-corrected chi connectivity index (χ2v) is 10.3. The number of benzene rings is 1. The van der Waals surface area contributed by atoms with E-state index < -0.39 is 60.2 Å². The van der Waals surface area contributed by atoms with Crippen LogP contribution >= 0.6 is 0 Å². The van der Waals surface area contributed by atoms with Gasteiger partial charge in [0.2, 0.25) is 23.6 Å². The lowest BCUT2D eigenvalue weighted by molar-refractivity contribution is -0.143. The third kappa shape index (κ3) is 9.97. The SMILES string of the molecule is CC(C)CC(N)C(=O)NC(CCCCN)C(=O)NC(Cc1c[nH]c2ccccc12)C(=O)NC(CC(N)=O)C(=O)O. The van der Waals surface area contributed by atoms with Crippen LogP contribution in [0.4, 0.5) is 0 Å². The summed E-state index contributed by atoms with van der Waals surface area (Å²) in [4.78, 5) is 65.6. The molecule has 13 heteroatoms. The Morgan fingerprint density at radius 1 is 0.925 bits per heavy atom. The Hall–Kier alpha value is -3.97. The molecule has 0 spiro atoms. The molecule has 1 aromatic heterocycles. The molecule has 0 radical (unpaired) electrons. The van der Waals surface area contributed by atoms with Crippen molar-refractivity contribution in [2.24, 2.45) is 23.1 Å². The van der Waals surface area contributed by atoms with Gasteiger partial charge in [-0.15, -0.1) is 0 Å². The molecule has 4 amide bonds. The first-order valence-electron chi connectivity index (χ1n) is 13.4. The molecule has 11 N–H and O–H groups in total. The average molecular weight is 560 g/mol. The van der Waals surface area contributed by atoms with E-state index in [-0.39, 0.29) is 18.8 Å². The molecule has 4 unspecified atom stereocenters. The molecule has 0 aliphatic heterocycles. The van der Waals surface area contributed by atoms with E-state index in [4.69, 9.17) is 17.2 Å². The molecular formula is C27H41N7O6. The van der Waals surface area contributed by atoms with E-state index >= 15 is 0 Å². The molecule has 0 aliphatic rings. The molecule has 2 aromatic rings. The number of carbonyl (C=O) groups is 5. The molecule has 0 saturated carbocycles. The van der Waals surface area contributed by atoms with Crippen LogP contribution in [-0.4, -0.2) is 70.4 Å². The smallest absolute Gasteiger partial charge is 0.326 e. The lowest BCUT2D eigenvalue weighted by Gasteiger charge is -2.25. The van der Waals surface area contributed by atoms with Crippen molar-refractivity contribution in [3.63, 3.8) is 0 Å². The summed E-state index contributed by atoms with van der Waals surface area (Å²) in [5.41, 5.74) is 18.3. The number of H-pyrrole nitrogens is 1. The Balaban J connectivity index is 2.32. The lowest BCUT2D eigenvalue weighted by atomic mass is 10.0. The van der Waals surface area contributed by atoms with E-state index in [1.54, 1.807) is 6.20 Å². The molecule has 1 heterocycles. The van der Waals surface area contributed by atoms with Crippen LogP contribution in [0.3, 0.4) is 0 Å². The van der Waals surface area contributed by atoms with Crippen molar-refractivity contribution < 1.29 is 29.1 Å². The van der Waals surface area contributed by atoms with Gasteiger partial charge in [-0.3, -0.25) is 19.2 Å². The van der Waals surface area contributed by atoms with Gasteiger partial charge >= 0.3 is 5.97 Å². The number of nitrogens with two attached hydrogens (primary N) is 3.